The molecule has 76 valence electrons. The molecule has 0 aliphatic rings. The summed E-state index contributed by atoms with van der Waals surface area (Å²) in [6, 6.07) is 7.03. The second-order valence-electron chi connectivity index (χ2n) is 2.98. The molecule has 1 rings (SSSR count). The first-order chi connectivity index (χ1) is 6.72. The number of hydrogen-bond acceptors (Lipinski definition) is 3. The zero-order chi connectivity index (χ0) is 10.4. The van der Waals surface area contributed by atoms with Crippen molar-refractivity contribution in [1.82, 2.24) is 0 Å². The predicted molar refractivity (Wildman–Crippen MR) is 58.7 cm³/mol. The molecule has 3 heteroatoms. The topological polar surface area (TPSA) is 37.3 Å². The molecule has 0 aliphatic heterocycles. The Labute approximate surface area is 88.3 Å². The van der Waals surface area contributed by atoms with Crippen molar-refractivity contribution in [2.75, 3.05) is 5.75 Å². The van der Waals surface area contributed by atoms with E-state index in [0.717, 1.165) is 10.6 Å². The average Bonchev–Trinajstić information content (AvgIpc) is 2.21. The highest BCUT2D eigenvalue weighted by atomic mass is 32.2. The van der Waals surface area contributed by atoms with Crippen LogP contribution in [0.25, 0.3) is 0 Å². The average molecular weight is 210 g/mol. The predicted octanol–water partition coefficient (Wildman–Crippen LogP) is 2.85. The molecule has 2 nitrogen and oxygen atoms in total. The second-order valence-corrected chi connectivity index (χ2v) is 4.15. The third-order valence-electron chi connectivity index (χ3n) is 1.88. The van der Waals surface area contributed by atoms with Crippen LogP contribution in [0.4, 0.5) is 0 Å². The van der Waals surface area contributed by atoms with Crippen LogP contribution < -0.4 is 0 Å². The molecule has 1 aromatic rings. The SMILES string of the molecule is CCC(=O)CCSc1ccc(O)cc1. The Kier molecular flexibility index (Phi) is 4.53. The minimum atomic E-state index is 0.277. The van der Waals surface area contributed by atoms with Gasteiger partial charge in [-0.1, -0.05) is 6.92 Å². The molecule has 0 bridgehead atoms. The Morgan fingerprint density at radius 3 is 2.57 bits per heavy atom. The molecule has 0 fully saturated rings. The maximum Gasteiger partial charge on any atom is 0.133 e. The molecule has 0 radical (unpaired) electrons. The van der Waals surface area contributed by atoms with Crippen molar-refractivity contribution in [3.63, 3.8) is 0 Å². The van der Waals surface area contributed by atoms with E-state index in [1.54, 1.807) is 23.9 Å². The summed E-state index contributed by atoms with van der Waals surface area (Å²) in [5.74, 6) is 1.40. The molecular weight excluding hydrogens is 196 g/mol. The van der Waals surface area contributed by atoms with Gasteiger partial charge < -0.3 is 5.11 Å². The fourth-order valence-corrected chi connectivity index (χ4v) is 1.90. The summed E-state index contributed by atoms with van der Waals surface area (Å²) >= 11 is 1.64. The molecule has 1 aromatic carbocycles. The fraction of sp³-hybridized carbons (Fsp3) is 0.364. The lowest BCUT2D eigenvalue weighted by atomic mass is 10.2. The van der Waals surface area contributed by atoms with E-state index in [4.69, 9.17) is 5.11 Å². The number of Topliss-reactive ketones (excluding diaryl/α,β-unsaturated/α-hetero) is 1. The number of phenolic OH excluding ortho intramolecular Hbond substituents is 1. The van der Waals surface area contributed by atoms with Crippen LogP contribution in [0, 0.1) is 0 Å². The molecule has 14 heavy (non-hydrogen) atoms. The van der Waals surface area contributed by atoms with Crippen molar-refractivity contribution >= 4 is 17.5 Å². The molecule has 0 heterocycles. The normalized spacial score (nSPS) is 10.1. The number of carbonyl (C=O) groups excluding carboxylic acids is 1. The standard InChI is InChI=1S/C11H14O2S/c1-2-9(12)7-8-14-11-5-3-10(13)4-6-11/h3-6,13H,2,7-8H2,1H3. The van der Waals surface area contributed by atoms with E-state index in [-0.39, 0.29) is 5.75 Å². The monoisotopic (exact) mass is 210 g/mol. The van der Waals surface area contributed by atoms with Gasteiger partial charge in [-0.15, -0.1) is 11.8 Å². The first-order valence-corrected chi connectivity index (χ1v) is 5.64. The highest BCUT2D eigenvalue weighted by molar-refractivity contribution is 7.99. The van der Waals surface area contributed by atoms with E-state index >= 15 is 0 Å². The number of carbonyl (C=O) groups is 1. The molecule has 0 amide bonds. The molecule has 1 N–H and O–H groups in total. The first-order valence-electron chi connectivity index (χ1n) is 4.66. The van der Waals surface area contributed by atoms with Gasteiger partial charge >= 0.3 is 0 Å². The molecule has 0 saturated carbocycles. The summed E-state index contributed by atoms with van der Waals surface area (Å²) < 4.78 is 0. The van der Waals surface area contributed by atoms with Crippen molar-refractivity contribution in [1.29, 1.82) is 0 Å². The lowest BCUT2D eigenvalue weighted by Crippen LogP contribution is -1.95. The van der Waals surface area contributed by atoms with Gasteiger partial charge in [0.1, 0.15) is 11.5 Å². The van der Waals surface area contributed by atoms with Crippen molar-refractivity contribution < 1.29 is 9.90 Å². The number of thioether (sulfide) groups is 1. The van der Waals surface area contributed by atoms with Crippen LogP contribution in [0.1, 0.15) is 19.8 Å². The highest BCUT2D eigenvalue weighted by Crippen LogP contribution is 2.21. The van der Waals surface area contributed by atoms with Gasteiger partial charge in [0, 0.05) is 23.5 Å². The third kappa shape index (κ3) is 3.83. The Bertz CT molecular complexity index is 293. The lowest BCUT2D eigenvalue weighted by Gasteiger charge is -2.00. The zero-order valence-electron chi connectivity index (χ0n) is 8.19. The first kappa shape index (κ1) is 11.1. The van der Waals surface area contributed by atoms with Gasteiger partial charge in [0.2, 0.25) is 0 Å². The minimum absolute atomic E-state index is 0.277. The largest absolute Gasteiger partial charge is 0.508 e. The maximum absolute atomic E-state index is 11.0. The number of benzene rings is 1. The quantitative estimate of drug-likeness (QED) is 0.759. The van der Waals surface area contributed by atoms with E-state index in [2.05, 4.69) is 0 Å². The number of aromatic hydroxyl groups is 1. The Morgan fingerprint density at radius 2 is 2.00 bits per heavy atom. The molecule has 0 unspecified atom stereocenters. The van der Waals surface area contributed by atoms with Crippen molar-refractivity contribution in [2.24, 2.45) is 0 Å². The lowest BCUT2D eigenvalue weighted by molar-refractivity contribution is -0.118. The highest BCUT2D eigenvalue weighted by Gasteiger charge is 1.99. The molecule has 0 saturated heterocycles. The summed E-state index contributed by atoms with van der Waals surface area (Å²) in [5.41, 5.74) is 0. The fourth-order valence-electron chi connectivity index (χ4n) is 1.00. The Balaban J connectivity index is 2.31. The van der Waals surface area contributed by atoms with Crippen LogP contribution in [0.15, 0.2) is 29.2 Å². The van der Waals surface area contributed by atoms with Gasteiger partial charge in [-0.05, 0) is 24.3 Å². The van der Waals surface area contributed by atoms with Crippen molar-refractivity contribution in [2.45, 2.75) is 24.7 Å². The number of phenols is 1. The summed E-state index contributed by atoms with van der Waals surface area (Å²) in [6.45, 7) is 1.88. The molecule has 0 atom stereocenters. The molecule has 0 aliphatic carbocycles. The Morgan fingerprint density at radius 1 is 1.36 bits per heavy atom. The van der Waals surface area contributed by atoms with Crippen LogP contribution in [0.2, 0.25) is 0 Å². The summed E-state index contributed by atoms with van der Waals surface area (Å²) in [7, 11) is 0. The number of hydrogen-bond donors (Lipinski definition) is 1. The van der Waals surface area contributed by atoms with E-state index < -0.39 is 0 Å². The van der Waals surface area contributed by atoms with Gasteiger partial charge in [-0.25, -0.2) is 0 Å². The smallest absolute Gasteiger partial charge is 0.133 e. The van der Waals surface area contributed by atoms with E-state index in [1.165, 1.54) is 0 Å². The van der Waals surface area contributed by atoms with Gasteiger partial charge in [-0.3, -0.25) is 4.79 Å². The van der Waals surface area contributed by atoms with E-state index in [9.17, 15) is 4.79 Å². The van der Waals surface area contributed by atoms with Crippen LogP contribution in [-0.2, 0) is 4.79 Å². The third-order valence-corrected chi connectivity index (χ3v) is 2.89. The number of rotatable bonds is 5. The van der Waals surface area contributed by atoms with Crippen molar-refractivity contribution in [3.8, 4) is 5.75 Å². The number of ketones is 1. The molecule has 0 spiro atoms. The Hall–Kier alpha value is -0.960. The maximum atomic E-state index is 11.0. The van der Waals surface area contributed by atoms with Crippen LogP contribution in [-0.4, -0.2) is 16.6 Å². The van der Waals surface area contributed by atoms with Gasteiger partial charge in [-0.2, -0.15) is 0 Å². The second kappa shape index (κ2) is 5.70. The summed E-state index contributed by atoms with van der Waals surface area (Å²) in [4.78, 5) is 12.1. The van der Waals surface area contributed by atoms with E-state index in [0.29, 0.717) is 18.6 Å². The molecular formula is C11H14O2S. The summed E-state index contributed by atoms with van der Waals surface area (Å²) in [5, 5.41) is 9.05. The van der Waals surface area contributed by atoms with E-state index in [1.807, 2.05) is 19.1 Å². The van der Waals surface area contributed by atoms with Crippen LogP contribution in [0.3, 0.4) is 0 Å². The van der Waals surface area contributed by atoms with Gasteiger partial charge in [0.25, 0.3) is 0 Å². The zero-order valence-corrected chi connectivity index (χ0v) is 9.01. The summed E-state index contributed by atoms with van der Waals surface area (Å²) in [6.07, 6.45) is 1.25. The molecule has 0 aromatic heterocycles. The van der Waals surface area contributed by atoms with Gasteiger partial charge in [0.15, 0.2) is 0 Å². The van der Waals surface area contributed by atoms with Gasteiger partial charge in [0.05, 0.1) is 0 Å². The minimum Gasteiger partial charge on any atom is -0.508 e. The van der Waals surface area contributed by atoms with Crippen LogP contribution >= 0.6 is 11.8 Å². The van der Waals surface area contributed by atoms with Crippen LogP contribution in [0.5, 0.6) is 5.75 Å². The van der Waals surface area contributed by atoms with Crippen molar-refractivity contribution in [3.05, 3.63) is 24.3 Å².